The first-order valence-corrected chi connectivity index (χ1v) is 9.71. The molecule has 0 aromatic heterocycles. The highest BCUT2D eigenvalue weighted by Crippen LogP contribution is 2.25. The highest BCUT2D eigenvalue weighted by Gasteiger charge is 2.35. The van der Waals surface area contributed by atoms with Crippen molar-refractivity contribution in [2.45, 2.75) is 6.04 Å². The number of ether oxygens (including phenoxy) is 2. The standard InChI is InChI=1S/C20H20N2O5S/c1-26-16-8-6-15(7-9-16)21-18(23)17-11-28-12-22(17)19(24)13-4-3-5-14(10-13)20(25)27-2/h3-10,17H,11-12H2,1-2H3,(H,21,23). The molecular weight excluding hydrogens is 380 g/mol. The Morgan fingerprint density at radius 2 is 1.79 bits per heavy atom. The maximum absolute atomic E-state index is 12.9. The Labute approximate surface area is 167 Å². The fraction of sp³-hybridized carbons (Fsp3) is 0.250. The van der Waals surface area contributed by atoms with Crippen LogP contribution in [0.5, 0.6) is 5.75 Å². The average Bonchev–Trinajstić information content (AvgIpc) is 3.23. The summed E-state index contributed by atoms with van der Waals surface area (Å²) in [5.41, 5.74) is 1.26. The maximum Gasteiger partial charge on any atom is 0.337 e. The molecule has 0 spiro atoms. The summed E-state index contributed by atoms with van der Waals surface area (Å²) in [5.74, 6) is 0.529. The molecule has 1 aliphatic heterocycles. The number of anilines is 1. The Morgan fingerprint density at radius 3 is 2.46 bits per heavy atom. The fourth-order valence-corrected chi connectivity index (χ4v) is 3.98. The summed E-state index contributed by atoms with van der Waals surface area (Å²) in [4.78, 5) is 38.9. The van der Waals surface area contributed by atoms with E-state index in [-0.39, 0.29) is 11.8 Å². The number of thioether (sulfide) groups is 1. The molecule has 2 amide bonds. The first kappa shape index (κ1) is 19.8. The van der Waals surface area contributed by atoms with Crippen molar-refractivity contribution in [1.29, 1.82) is 0 Å². The van der Waals surface area contributed by atoms with E-state index in [1.165, 1.54) is 29.8 Å². The van der Waals surface area contributed by atoms with E-state index in [0.717, 1.165) is 0 Å². The van der Waals surface area contributed by atoms with Gasteiger partial charge in [0.15, 0.2) is 0 Å². The van der Waals surface area contributed by atoms with Crippen molar-refractivity contribution >= 4 is 35.2 Å². The van der Waals surface area contributed by atoms with Crippen LogP contribution < -0.4 is 10.1 Å². The molecule has 1 aliphatic rings. The zero-order chi connectivity index (χ0) is 20.1. The molecule has 1 atom stereocenters. The van der Waals surface area contributed by atoms with Crippen LogP contribution in [0.2, 0.25) is 0 Å². The van der Waals surface area contributed by atoms with Crippen LogP contribution in [0.15, 0.2) is 48.5 Å². The Balaban J connectivity index is 1.73. The Kier molecular flexibility index (Phi) is 6.20. The van der Waals surface area contributed by atoms with Gasteiger partial charge in [-0.05, 0) is 42.5 Å². The molecule has 1 saturated heterocycles. The molecule has 8 heteroatoms. The predicted molar refractivity (Wildman–Crippen MR) is 107 cm³/mol. The van der Waals surface area contributed by atoms with Crippen LogP contribution in [0.3, 0.4) is 0 Å². The van der Waals surface area contributed by atoms with Crippen molar-refractivity contribution < 1.29 is 23.9 Å². The lowest BCUT2D eigenvalue weighted by Crippen LogP contribution is -2.44. The number of hydrogen-bond donors (Lipinski definition) is 1. The van der Waals surface area contributed by atoms with Crippen LogP contribution in [0.25, 0.3) is 0 Å². The second kappa shape index (κ2) is 8.79. The molecule has 3 rings (SSSR count). The molecule has 2 aromatic rings. The van der Waals surface area contributed by atoms with Crippen LogP contribution in [0.4, 0.5) is 5.69 Å². The number of hydrogen-bond acceptors (Lipinski definition) is 6. The molecule has 1 fully saturated rings. The summed E-state index contributed by atoms with van der Waals surface area (Å²) in [6.45, 7) is 0. The van der Waals surface area contributed by atoms with Crippen molar-refractivity contribution in [1.82, 2.24) is 4.90 Å². The van der Waals surface area contributed by atoms with Crippen molar-refractivity contribution in [2.75, 3.05) is 31.2 Å². The molecule has 28 heavy (non-hydrogen) atoms. The quantitative estimate of drug-likeness (QED) is 0.777. The molecule has 1 N–H and O–H groups in total. The molecule has 1 unspecified atom stereocenters. The first-order valence-electron chi connectivity index (χ1n) is 8.55. The van der Waals surface area contributed by atoms with Crippen LogP contribution >= 0.6 is 11.8 Å². The monoisotopic (exact) mass is 400 g/mol. The minimum absolute atomic E-state index is 0.257. The molecule has 0 saturated carbocycles. The van der Waals surface area contributed by atoms with Gasteiger partial charge in [0.1, 0.15) is 11.8 Å². The highest BCUT2D eigenvalue weighted by molar-refractivity contribution is 7.99. The van der Waals surface area contributed by atoms with E-state index in [2.05, 4.69) is 5.32 Å². The van der Waals surface area contributed by atoms with E-state index in [9.17, 15) is 14.4 Å². The summed E-state index contributed by atoms with van der Waals surface area (Å²) in [7, 11) is 2.86. The number of amides is 2. The average molecular weight is 400 g/mol. The number of rotatable bonds is 5. The van der Waals surface area contributed by atoms with E-state index in [4.69, 9.17) is 9.47 Å². The number of methoxy groups -OCH3 is 2. The lowest BCUT2D eigenvalue weighted by Gasteiger charge is -2.23. The smallest absolute Gasteiger partial charge is 0.337 e. The van der Waals surface area contributed by atoms with Crippen LogP contribution in [-0.4, -0.2) is 54.6 Å². The minimum atomic E-state index is -0.596. The molecule has 2 aromatic carbocycles. The molecule has 146 valence electrons. The second-order valence-corrected chi connectivity index (χ2v) is 7.08. The van der Waals surface area contributed by atoms with E-state index in [1.807, 2.05) is 0 Å². The number of carbonyl (C=O) groups excluding carboxylic acids is 3. The molecule has 0 radical (unpaired) electrons. The summed E-state index contributed by atoms with van der Waals surface area (Å²) in [6, 6.07) is 12.7. The third kappa shape index (κ3) is 4.28. The van der Waals surface area contributed by atoms with Gasteiger partial charge in [-0.1, -0.05) is 6.07 Å². The summed E-state index contributed by atoms with van der Waals surface area (Å²) in [6.07, 6.45) is 0. The Bertz CT molecular complexity index is 884. The first-order chi connectivity index (χ1) is 13.5. The number of benzene rings is 2. The maximum atomic E-state index is 12.9. The lowest BCUT2D eigenvalue weighted by atomic mass is 10.1. The Morgan fingerprint density at radius 1 is 1.07 bits per heavy atom. The van der Waals surface area contributed by atoms with Crippen molar-refractivity contribution in [3.8, 4) is 5.75 Å². The normalized spacial score (nSPS) is 15.8. The van der Waals surface area contributed by atoms with Gasteiger partial charge in [-0.25, -0.2) is 4.79 Å². The van der Waals surface area contributed by atoms with E-state index >= 15 is 0 Å². The van der Waals surface area contributed by atoms with Crippen LogP contribution in [-0.2, 0) is 9.53 Å². The zero-order valence-electron chi connectivity index (χ0n) is 15.5. The number of carbonyl (C=O) groups is 3. The summed E-state index contributed by atoms with van der Waals surface area (Å²) < 4.78 is 9.80. The van der Waals surface area contributed by atoms with Gasteiger partial charge in [0.2, 0.25) is 5.91 Å². The highest BCUT2D eigenvalue weighted by atomic mass is 32.2. The van der Waals surface area contributed by atoms with E-state index in [1.54, 1.807) is 49.6 Å². The predicted octanol–water partition coefficient (Wildman–Crippen LogP) is 2.64. The molecular formula is C20H20N2O5S. The second-order valence-electron chi connectivity index (χ2n) is 6.08. The molecule has 0 bridgehead atoms. The van der Waals surface area contributed by atoms with Gasteiger partial charge in [0.05, 0.1) is 25.7 Å². The Hall–Kier alpha value is -3.00. The van der Waals surface area contributed by atoms with Gasteiger partial charge in [-0.3, -0.25) is 9.59 Å². The van der Waals surface area contributed by atoms with Crippen LogP contribution in [0.1, 0.15) is 20.7 Å². The summed E-state index contributed by atoms with van der Waals surface area (Å²) >= 11 is 1.51. The minimum Gasteiger partial charge on any atom is -0.497 e. The molecule has 1 heterocycles. The van der Waals surface area contributed by atoms with Gasteiger partial charge in [0.25, 0.3) is 5.91 Å². The van der Waals surface area contributed by atoms with E-state index in [0.29, 0.717) is 34.2 Å². The largest absolute Gasteiger partial charge is 0.497 e. The third-order valence-electron chi connectivity index (χ3n) is 4.33. The number of esters is 1. The lowest BCUT2D eigenvalue weighted by molar-refractivity contribution is -0.119. The van der Waals surface area contributed by atoms with Gasteiger partial charge in [-0.2, -0.15) is 0 Å². The van der Waals surface area contributed by atoms with E-state index < -0.39 is 12.0 Å². The molecule has 0 aliphatic carbocycles. The zero-order valence-corrected chi connectivity index (χ0v) is 16.3. The van der Waals surface area contributed by atoms with Crippen molar-refractivity contribution in [3.05, 3.63) is 59.7 Å². The van der Waals surface area contributed by atoms with Gasteiger partial charge >= 0.3 is 5.97 Å². The SMILES string of the molecule is COC(=O)c1cccc(C(=O)N2CSCC2C(=O)Nc2ccc(OC)cc2)c1. The summed E-state index contributed by atoms with van der Waals surface area (Å²) in [5, 5.41) is 2.83. The van der Waals surface area contributed by atoms with Gasteiger partial charge in [-0.15, -0.1) is 11.8 Å². The van der Waals surface area contributed by atoms with Gasteiger partial charge in [0, 0.05) is 17.0 Å². The number of nitrogens with zero attached hydrogens (tertiary/aromatic N) is 1. The van der Waals surface area contributed by atoms with Gasteiger partial charge < -0.3 is 19.7 Å². The third-order valence-corrected chi connectivity index (χ3v) is 5.35. The number of nitrogens with one attached hydrogen (secondary N) is 1. The van der Waals surface area contributed by atoms with Crippen LogP contribution in [0, 0.1) is 0 Å². The topological polar surface area (TPSA) is 84.9 Å². The molecule has 7 nitrogen and oxygen atoms in total. The van der Waals surface area contributed by atoms with Crippen molar-refractivity contribution in [2.24, 2.45) is 0 Å². The van der Waals surface area contributed by atoms with Crippen molar-refractivity contribution in [3.63, 3.8) is 0 Å². The fourth-order valence-electron chi connectivity index (χ4n) is 2.82.